The Kier molecular flexibility index (Phi) is 3.37. The van der Waals surface area contributed by atoms with Crippen molar-refractivity contribution in [1.82, 2.24) is 14.8 Å². The van der Waals surface area contributed by atoms with Gasteiger partial charge in [0.2, 0.25) is 0 Å². The summed E-state index contributed by atoms with van der Waals surface area (Å²) in [5.41, 5.74) is 1.05. The Morgan fingerprint density at radius 1 is 1.48 bits per heavy atom. The maximum absolute atomic E-state index is 12.1. The normalized spacial score (nSPS) is 15.7. The van der Waals surface area contributed by atoms with Crippen LogP contribution in [0.25, 0.3) is 0 Å². The van der Waals surface area contributed by atoms with Crippen molar-refractivity contribution in [1.29, 1.82) is 0 Å². The first-order chi connectivity index (χ1) is 10.0. The first-order valence-electron chi connectivity index (χ1n) is 7.10. The van der Waals surface area contributed by atoms with E-state index in [1.807, 2.05) is 10.9 Å². The van der Waals surface area contributed by atoms with Crippen molar-refractivity contribution >= 4 is 11.6 Å². The van der Waals surface area contributed by atoms with Crippen molar-refractivity contribution in [2.45, 2.75) is 32.7 Å². The molecule has 3 rings (SSSR count). The number of amides is 1. The molecule has 0 radical (unpaired) electrons. The lowest BCUT2D eigenvalue weighted by Crippen LogP contribution is -2.23. The second-order valence-electron chi connectivity index (χ2n) is 5.63. The third-order valence-corrected chi connectivity index (χ3v) is 3.88. The molecule has 6 heteroatoms. The minimum atomic E-state index is -0.421. The minimum Gasteiger partial charge on any atom is -0.326 e. The predicted octanol–water partition coefficient (Wildman–Crippen LogP) is 2.10. The fraction of sp³-hybridized carbons (Fsp3) is 0.400. The highest BCUT2D eigenvalue weighted by molar-refractivity contribution is 6.03. The lowest BCUT2D eigenvalue weighted by molar-refractivity contribution is 0.102. The fourth-order valence-electron chi connectivity index (χ4n) is 2.37. The minimum absolute atomic E-state index is 0.101. The van der Waals surface area contributed by atoms with Gasteiger partial charge in [0.05, 0.1) is 17.9 Å². The summed E-state index contributed by atoms with van der Waals surface area (Å²) in [6.07, 6.45) is 5.89. The summed E-state index contributed by atoms with van der Waals surface area (Å²) < 4.78 is 1.87. The number of aromatic amines is 1. The molecular formula is C15H18N4O2. The number of nitrogens with zero attached hydrogens (tertiary/aromatic N) is 2. The van der Waals surface area contributed by atoms with Gasteiger partial charge in [0.15, 0.2) is 0 Å². The molecule has 2 heterocycles. The van der Waals surface area contributed by atoms with E-state index in [-0.39, 0.29) is 11.1 Å². The van der Waals surface area contributed by atoms with Crippen molar-refractivity contribution in [2.24, 2.45) is 5.92 Å². The van der Waals surface area contributed by atoms with Gasteiger partial charge >= 0.3 is 0 Å². The van der Waals surface area contributed by atoms with Gasteiger partial charge in [-0.15, -0.1) is 0 Å². The van der Waals surface area contributed by atoms with E-state index in [4.69, 9.17) is 0 Å². The van der Waals surface area contributed by atoms with E-state index < -0.39 is 5.91 Å². The summed E-state index contributed by atoms with van der Waals surface area (Å²) in [5.74, 6) is 0.267. The van der Waals surface area contributed by atoms with Crippen LogP contribution in [0.15, 0.2) is 29.3 Å². The Morgan fingerprint density at radius 2 is 2.24 bits per heavy atom. The number of aromatic nitrogens is 3. The Hall–Kier alpha value is -2.37. The molecule has 2 aromatic heterocycles. The van der Waals surface area contributed by atoms with Crippen molar-refractivity contribution in [3.05, 3.63) is 46.1 Å². The molecule has 0 aliphatic heterocycles. The van der Waals surface area contributed by atoms with Crippen molar-refractivity contribution < 1.29 is 4.79 Å². The summed E-state index contributed by atoms with van der Waals surface area (Å²) in [7, 11) is 0. The molecule has 6 nitrogen and oxygen atoms in total. The number of pyridine rings is 1. The quantitative estimate of drug-likeness (QED) is 0.903. The van der Waals surface area contributed by atoms with Gasteiger partial charge in [-0.05, 0) is 44.7 Å². The highest BCUT2D eigenvalue weighted by Gasteiger charge is 2.29. The van der Waals surface area contributed by atoms with Gasteiger partial charge in [-0.25, -0.2) is 0 Å². The van der Waals surface area contributed by atoms with Crippen molar-refractivity contribution in [3.8, 4) is 0 Å². The van der Waals surface area contributed by atoms with E-state index in [0.717, 1.165) is 5.69 Å². The van der Waals surface area contributed by atoms with Crippen LogP contribution < -0.4 is 10.9 Å². The molecule has 0 spiro atoms. The molecule has 110 valence electrons. The van der Waals surface area contributed by atoms with E-state index in [9.17, 15) is 9.59 Å². The van der Waals surface area contributed by atoms with Crippen molar-refractivity contribution in [2.75, 3.05) is 5.32 Å². The van der Waals surface area contributed by atoms with E-state index in [1.165, 1.54) is 18.9 Å². The highest BCUT2D eigenvalue weighted by Crippen LogP contribution is 2.39. The number of carbonyl (C=O) groups excluding carboxylic acids is 1. The summed E-state index contributed by atoms with van der Waals surface area (Å²) in [6, 6.07) is 3.58. The Labute approximate surface area is 122 Å². The maximum atomic E-state index is 12.1. The van der Waals surface area contributed by atoms with Crippen LogP contribution in [0.4, 0.5) is 5.69 Å². The number of H-pyrrole nitrogens is 1. The molecule has 1 amide bonds. The number of aryl methyl sites for hydroxylation is 1. The van der Waals surface area contributed by atoms with Crippen LogP contribution >= 0.6 is 0 Å². The molecule has 21 heavy (non-hydrogen) atoms. The average molecular weight is 286 g/mol. The lowest BCUT2D eigenvalue weighted by atomic mass is 10.2. The first kappa shape index (κ1) is 13.6. The summed E-state index contributed by atoms with van der Waals surface area (Å²) in [5, 5.41) is 6.99. The smallest absolute Gasteiger partial charge is 0.261 e. The number of carbonyl (C=O) groups is 1. The lowest BCUT2D eigenvalue weighted by Gasteiger charge is -2.09. The summed E-state index contributed by atoms with van der Waals surface area (Å²) >= 11 is 0. The number of anilines is 1. The number of hydrogen-bond donors (Lipinski definition) is 2. The molecule has 0 saturated heterocycles. The second kappa shape index (κ2) is 5.20. The molecule has 1 atom stereocenters. The van der Waals surface area contributed by atoms with Crippen LogP contribution in [-0.4, -0.2) is 20.7 Å². The highest BCUT2D eigenvalue weighted by atomic mass is 16.2. The molecule has 0 aromatic carbocycles. The van der Waals surface area contributed by atoms with Gasteiger partial charge in [0.25, 0.3) is 11.5 Å². The van der Waals surface area contributed by atoms with E-state index >= 15 is 0 Å². The first-order valence-corrected chi connectivity index (χ1v) is 7.10. The zero-order valence-corrected chi connectivity index (χ0v) is 12.1. The van der Waals surface area contributed by atoms with E-state index in [0.29, 0.717) is 17.6 Å². The summed E-state index contributed by atoms with van der Waals surface area (Å²) in [4.78, 5) is 26.5. The van der Waals surface area contributed by atoms with Crippen LogP contribution in [0.5, 0.6) is 0 Å². The van der Waals surface area contributed by atoms with E-state index in [2.05, 4.69) is 22.3 Å². The van der Waals surface area contributed by atoms with Gasteiger partial charge in [-0.3, -0.25) is 14.3 Å². The molecule has 1 aliphatic carbocycles. The number of hydrogen-bond acceptors (Lipinski definition) is 3. The van der Waals surface area contributed by atoms with Gasteiger partial charge in [-0.1, -0.05) is 0 Å². The Balaban J connectivity index is 1.74. The number of rotatable bonds is 4. The van der Waals surface area contributed by atoms with Crippen LogP contribution in [0, 0.1) is 12.8 Å². The monoisotopic (exact) mass is 286 g/mol. The van der Waals surface area contributed by atoms with Gasteiger partial charge in [0.1, 0.15) is 5.56 Å². The zero-order chi connectivity index (χ0) is 15.0. The molecule has 1 fully saturated rings. The largest absolute Gasteiger partial charge is 0.326 e. The molecule has 1 unspecified atom stereocenters. The molecule has 2 aromatic rings. The van der Waals surface area contributed by atoms with Crippen LogP contribution in [-0.2, 0) is 0 Å². The topological polar surface area (TPSA) is 79.8 Å². The molecule has 1 aliphatic rings. The van der Waals surface area contributed by atoms with E-state index in [1.54, 1.807) is 19.2 Å². The maximum Gasteiger partial charge on any atom is 0.261 e. The molecular weight excluding hydrogens is 268 g/mol. The van der Waals surface area contributed by atoms with Gasteiger partial charge in [0, 0.05) is 11.9 Å². The zero-order valence-electron chi connectivity index (χ0n) is 12.1. The average Bonchev–Trinajstić information content (AvgIpc) is 3.18. The van der Waals surface area contributed by atoms with Crippen LogP contribution in [0.2, 0.25) is 0 Å². The third kappa shape index (κ3) is 2.89. The van der Waals surface area contributed by atoms with Crippen LogP contribution in [0.1, 0.15) is 41.9 Å². The second-order valence-corrected chi connectivity index (χ2v) is 5.63. The molecule has 2 N–H and O–H groups in total. The third-order valence-electron chi connectivity index (χ3n) is 3.88. The summed E-state index contributed by atoms with van der Waals surface area (Å²) in [6.45, 7) is 3.90. The Bertz CT molecular complexity index is 727. The van der Waals surface area contributed by atoms with Gasteiger partial charge < -0.3 is 10.3 Å². The predicted molar refractivity (Wildman–Crippen MR) is 79.4 cm³/mol. The molecule has 0 bridgehead atoms. The number of nitrogens with one attached hydrogen (secondary N) is 2. The molecule has 1 saturated carbocycles. The fourth-order valence-corrected chi connectivity index (χ4v) is 2.37. The standard InChI is InChI=1S/C15H18N4O2/c1-9-3-6-13(14(20)17-9)15(21)18-12-7-16-19(8-12)10(2)11-4-5-11/h3,6-8,10-11H,4-5H2,1-2H3,(H,17,20)(H,18,21). The Morgan fingerprint density at radius 3 is 2.90 bits per heavy atom. The van der Waals surface area contributed by atoms with Crippen molar-refractivity contribution in [3.63, 3.8) is 0 Å². The van der Waals surface area contributed by atoms with Crippen LogP contribution in [0.3, 0.4) is 0 Å². The SMILES string of the molecule is Cc1ccc(C(=O)Nc2cnn(C(C)C3CC3)c2)c(=O)[nH]1. The van der Waals surface area contributed by atoms with Gasteiger partial charge in [-0.2, -0.15) is 5.10 Å².